The number of halogens is 1. The maximum Gasteiger partial charge on any atom is 0.129 e. The number of benzene rings is 2. The molecule has 1 aromatic heterocycles. The maximum absolute atomic E-state index is 13.6. The second-order valence-corrected chi connectivity index (χ2v) is 5.69. The fourth-order valence-corrected chi connectivity index (χ4v) is 2.58. The summed E-state index contributed by atoms with van der Waals surface area (Å²) >= 11 is 0. The first-order chi connectivity index (χ1) is 11.6. The number of aliphatic hydroxyl groups is 1. The number of hydrogen-bond acceptors (Lipinski definition) is 3. The lowest BCUT2D eigenvalue weighted by Crippen LogP contribution is -2.21. The summed E-state index contributed by atoms with van der Waals surface area (Å²) in [5, 5.41) is 17.8. The average Bonchev–Trinajstić information content (AvgIpc) is 2.97. The molecule has 3 aromatic rings. The molecule has 0 aliphatic heterocycles. The Morgan fingerprint density at radius 3 is 2.58 bits per heavy atom. The van der Waals surface area contributed by atoms with Crippen molar-refractivity contribution in [3.05, 3.63) is 83.4 Å². The van der Waals surface area contributed by atoms with Crippen LogP contribution in [0.5, 0.6) is 0 Å². The first kappa shape index (κ1) is 16.4. The van der Waals surface area contributed by atoms with Crippen LogP contribution in [0.2, 0.25) is 0 Å². The SMILES string of the molecule is Cc1nn(-c2ccccc2)cc1CNCC(O)c1ccccc1F. The first-order valence-corrected chi connectivity index (χ1v) is 7.89. The summed E-state index contributed by atoms with van der Waals surface area (Å²) in [6, 6.07) is 16.2. The maximum atomic E-state index is 13.6. The van der Waals surface area contributed by atoms with E-state index in [0.717, 1.165) is 16.9 Å². The van der Waals surface area contributed by atoms with Crippen molar-refractivity contribution in [2.75, 3.05) is 6.54 Å². The summed E-state index contributed by atoms with van der Waals surface area (Å²) < 4.78 is 15.5. The van der Waals surface area contributed by atoms with Crippen LogP contribution in [0.1, 0.15) is 22.9 Å². The molecule has 0 bridgehead atoms. The highest BCUT2D eigenvalue weighted by atomic mass is 19.1. The van der Waals surface area contributed by atoms with E-state index < -0.39 is 6.10 Å². The predicted molar refractivity (Wildman–Crippen MR) is 91.4 cm³/mol. The number of hydrogen-bond donors (Lipinski definition) is 2. The van der Waals surface area contributed by atoms with E-state index in [1.54, 1.807) is 18.2 Å². The number of aromatic nitrogens is 2. The highest BCUT2D eigenvalue weighted by Gasteiger charge is 2.12. The van der Waals surface area contributed by atoms with Gasteiger partial charge in [0.05, 0.1) is 17.5 Å². The van der Waals surface area contributed by atoms with Crippen LogP contribution < -0.4 is 5.32 Å². The number of rotatable bonds is 6. The third kappa shape index (κ3) is 3.69. The number of nitrogens with one attached hydrogen (secondary N) is 1. The van der Waals surface area contributed by atoms with Gasteiger partial charge in [0.2, 0.25) is 0 Å². The third-order valence-corrected chi connectivity index (χ3v) is 3.94. The Hall–Kier alpha value is -2.50. The summed E-state index contributed by atoms with van der Waals surface area (Å²) in [6.07, 6.45) is 1.09. The van der Waals surface area contributed by atoms with Crippen LogP contribution in [0.25, 0.3) is 5.69 Å². The molecule has 1 heterocycles. The van der Waals surface area contributed by atoms with Gasteiger partial charge in [-0.1, -0.05) is 36.4 Å². The normalized spacial score (nSPS) is 12.3. The molecular formula is C19H20FN3O. The Morgan fingerprint density at radius 1 is 1.12 bits per heavy atom. The molecule has 0 saturated heterocycles. The van der Waals surface area contributed by atoms with E-state index >= 15 is 0 Å². The summed E-state index contributed by atoms with van der Waals surface area (Å²) in [5.41, 5.74) is 3.27. The smallest absolute Gasteiger partial charge is 0.129 e. The Labute approximate surface area is 140 Å². The largest absolute Gasteiger partial charge is 0.387 e. The monoisotopic (exact) mass is 325 g/mol. The molecule has 0 spiro atoms. The summed E-state index contributed by atoms with van der Waals surface area (Å²) in [6.45, 7) is 2.78. The Morgan fingerprint density at radius 2 is 1.83 bits per heavy atom. The van der Waals surface area contributed by atoms with Gasteiger partial charge in [0.15, 0.2) is 0 Å². The van der Waals surface area contributed by atoms with Gasteiger partial charge in [-0.2, -0.15) is 5.10 Å². The molecule has 0 radical (unpaired) electrons. The van der Waals surface area contributed by atoms with Crippen LogP contribution in [0, 0.1) is 12.7 Å². The Bertz CT molecular complexity index is 801. The highest BCUT2D eigenvalue weighted by molar-refractivity contribution is 5.32. The Balaban J connectivity index is 1.61. The van der Waals surface area contributed by atoms with Gasteiger partial charge >= 0.3 is 0 Å². The van der Waals surface area contributed by atoms with Gasteiger partial charge in [0.25, 0.3) is 0 Å². The van der Waals surface area contributed by atoms with E-state index in [1.165, 1.54) is 6.07 Å². The topological polar surface area (TPSA) is 50.1 Å². The molecule has 2 N–H and O–H groups in total. The molecule has 124 valence electrons. The molecule has 24 heavy (non-hydrogen) atoms. The average molecular weight is 325 g/mol. The van der Waals surface area contributed by atoms with Crippen LogP contribution in [-0.4, -0.2) is 21.4 Å². The molecule has 1 unspecified atom stereocenters. The van der Waals surface area contributed by atoms with Crippen molar-refractivity contribution in [1.82, 2.24) is 15.1 Å². The zero-order chi connectivity index (χ0) is 16.9. The summed E-state index contributed by atoms with van der Waals surface area (Å²) in [7, 11) is 0. The lowest BCUT2D eigenvalue weighted by atomic mass is 10.1. The zero-order valence-electron chi connectivity index (χ0n) is 13.5. The van der Waals surface area contributed by atoms with Crippen LogP contribution in [0.4, 0.5) is 4.39 Å². The Kier molecular flexibility index (Phi) is 5.03. The molecule has 4 nitrogen and oxygen atoms in total. The van der Waals surface area contributed by atoms with E-state index in [2.05, 4.69) is 10.4 Å². The van der Waals surface area contributed by atoms with Crippen molar-refractivity contribution in [3.8, 4) is 5.69 Å². The van der Waals surface area contributed by atoms with Gasteiger partial charge in [-0.15, -0.1) is 0 Å². The van der Waals surface area contributed by atoms with Crippen molar-refractivity contribution in [2.24, 2.45) is 0 Å². The zero-order valence-corrected chi connectivity index (χ0v) is 13.5. The van der Waals surface area contributed by atoms with Gasteiger partial charge in [-0.25, -0.2) is 9.07 Å². The number of aliphatic hydroxyl groups excluding tert-OH is 1. The number of aryl methyl sites for hydroxylation is 1. The molecular weight excluding hydrogens is 305 g/mol. The second kappa shape index (κ2) is 7.38. The minimum Gasteiger partial charge on any atom is -0.387 e. The standard InChI is InChI=1S/C19H20FN3O/c1-14-15(13-23(22-14)16-7-3-2-4-8-16)11-21-12-19(24)17-9-5-6-10-18(17)20/h2-10,13,19,21,24H,11-12H2,1H3. The fraction of sp³-hybridized carbons (Fsp3) is 0.211. The number of nitrogens with zero attached hydrogens (tertiary/aromatic N) is 2. The van der Waals surface area contributed by atoms with E-state index in [4.69, 9.17) is 0 Å². The lowest BCUT2D eigenvalue weighted by molar-refractivity contribution is 0.169. The van der Waals surface area contributed by atoms with Gasteiger partial charge < -0.3 is 10.4 Å². The minimum absolute atomic E-state index is 0.275. The number of para-hydroxylation sites is 1. The van der Waals surface area contributed by atoms with Gasteiger partial charge in [0, 0.05) is 30.4 Å². The molecule has 1 atom stereocenters. The second-order valence-electron chi connectivity index (χ2n) is 5.69. The molecule has 0 aliphatic rings. The van der Waals surface area contributed by atoms with Crippen molar-refractivity contribution in [3.63, 3.8) is 0 Å². The fourth-order valence-electron chi connectivity index (χ4n) is 2.58. The molecule has 2 aromatic carbocycles. The van der Waals surface area contributed by atoms with Gasteiger partial charge in [-0.05, 0) is 25.1 Å². The van der Waals surface area contributed by atoms with E-state index in [0.29, 0.717) is 12.1 Å². The van der Waals surface area contributed by atoms with Crippen LogP contribution >= 0.6 is 0 Å². The summed E-state index contributed by atoms with van der Waals surface area (Å²) in [4.78, 5) is 0. The van der Waals surface area contributed by atoms with Crippen molar-refractivity contribution >= 4 is 0 Å². The van der Waals surface area contributed by atoms with E-state index in [1.807, 2.05) is 48.1 Å². The lowest BCUT2D eigenvalue weighted by Gasteiger charge is -2.12. The van der Waals surface area contributed by atoms with Crippen LogP contribution in [-0.2, 0) is 6.54 Å². The van der Waals surface area contributed by atoms with Crippen LogP contribution in [0.3, 0.4) is 0 Å². The molecule has 0 aliphatic carbocycles. The van der Waals surface area contributed by atoms with Gasteiger partial charge in [-0.3, -0.25) is 0 Å². The quantitative estimate of drug-likeness (QED) is 0.732. The van der Waals surface area contributed by atoms with Crippen LogP contribution in [0.15, 0.2) is 60.8 Å². The van der Waals surface area contributed by atoms with Gasteiger partial charge in [0.1, 0.15) is 5.82 Å². The minimum atomic E-state index is -0.879. The predicted octanol–water partition coefficient (Wildman–Crippen LogP) is 3.14. The molecule has 0 saturated carbocycles. The molecule has 0 amide bonds. The third-order valence-electron chi connectivity index (χ3n) is 3.94. The van der Waals surface area contributed by atoms with E-state index in [-0.39, 0.29) is 12.4 Å². The highest BCUT2D eigenvalue weighted by Crippen LogP contribution is 2.16. The van der Waals surface area contributed by atoms with E-state index in [9.17, 15) is 9.50 Å². The van der Waals surface area contributed by atoms with Crippen molar-refractivity contribution in [1.29, 1.82) is 0 Å². The van der Waals surface area contributed by atoms with Crippen molar-refractivity contribution < 1.29 is 9.50 Å². The molecule has 3 rings (SSSR count). The molecule has 5 heteroatoms. The first-order valence-electron chi connectivity index (χ1n) is 7.89. The van der Waals surface area contributed by atoms with Crippen molar-refractivity contribution in [2.45, 2.75) is 19.6 Å². The summed E-state index contributed by atoms with van der Waals surface area (Å²) in [5.74, 6) is -0.389. The molecule has 0 fully saturated rings.